The molecular weight excluding hydrogens is 190 g/mol. The molecular formula is C8H17NO3S. The van der Waals surface area contributed by atoms with Crippen molar-refractivity contribution in [2.75, 3.05) is 26.5 Å². The molecule has 1 unspecified atom stereocenters. The predicted molar refractivity (Wildman–Crippen MR) is 51.1 cm³/mol. The Bertz CT molecular complexity index is 250. The van der Waals surface area contributed by atoms with Crippen molar-refractivity contribution < 1.29 is 12.6 Å². The summed E-state index contributed by atoms with van der Waals surface area (Å²) in [6.07, 6.45) is 4.26. The van der Waals surface area contributed by atoms with Crippen molar-refractivity contribution >= 4 is 10.1 Å². The van der Waals surface area contributed by atoms with Crippen molar-refractivity contribution in [3.63, 3.8) is 0 Å². The molecule has 0 aliphatic carbocycles. The quantitative estimate of drug-likeness (QED) is 0.628. The summed E-state index contributed by atoms with van der Waals surface area (Å²) >= 11 is 0. The molecule has 0 saturated carbocycles. The summed E-state index contributed by atoms with van der Waals surface area (Å²) in [5, 5.41) is 0. The maximum Gasteiger partial charge on any atom is 0.264 e. The van der Waals surface area contributed by atoms with E-state index < -0.39 is 10.1 Å². The zero-order chi connectivity index (χ0) is 9.90. The third-order valence-electron chi connectivity index (χ3n) is 2.42. The van der Waals surface area contributed by atoms with Gasteiger partial charge in [0.2, 0.25) is 0 Å². The highest BCUT2D eigenvalue weighted by molar-refractivity contribution is 7.85. The number of hydrogen-bond donors (Lipinski definition) is 0. The van der Waals surface area contributed by atoms with Crippen LogP contribution in [-0.2, 0) is 14.3 Å². The highest BCUT2D eigenvalue weighted by Crippen LogP contribution is 2.17. The molecule has 1 aliphatic rings. The van der Waals surface area contributed by atoms with E-state index in [4.69, 9.17) is 0 Å². The topological polar surface area (TPSA) is 46.6 Å². The SMILES string of the molecule is CN1CCCC1CCOS(C)(=O)=O. The van der Waals surface area contributed by atoms with Crippen molar-refractivity contribution in [1.29, 1.82) is 0 Å². The molecule has 0 bridgehead atoms. The van der Waals surface area contributed by atoms with Gasteiger partial charge in [-0.25, -0.2) is 0 Å². The molecule has 0 spiro atoms. The van der Waals surface area contributed by atoms with Crippen molar-refractivity contribution in [1.82, 2.24) is 4.90 Å². The Morgan fingerprint density at radius 2 is 2.23 bits per heavy atom. The molecule has 0 aromatic heterocycles. The first-order valence-electron chi connectivity index (χ1n) is 4.54. The van der Waals surface area contributed by atoms with Gasteiger partial charge in [0.1, 0.15) is 0 Å². The maximum atomic E-state index is 10.7. The molecule has 1 heterocycles. The molecule has 13 heavy (non-hydrogen) atoms. The molecule has 4 nitrogen and oxygen atoms in total. The third kappa shape index (κ3) is 4.06. The second-order valence-corrected chi connectivity index (χ2v) is 5.24. The van der Waals surface area contributed by atoms with E-state index in [0.717, 1.165) is 25.6 Å². The maximum absolute atomic E-state index is 10.7. The average molecular weight is 207 g/mol. The van der Waals surface area contributed by atoms with E-state index >= 15 is 0 Å². The van der Waals surface area contributed by atoms with Gasteiger partial charge in [-0.1, -0.05) is 0 Å². The lowest BCUT2D eigenvalue weighted by atomic mass is 10.2. The Kier molecular flexibility index (Phi) is 3.70. The Morgan fingerprint density at radius 3 is 2.69 bits per heavy atom. The van der Waals surface area contributed by atoms with Gasteiger partial charge >= 0.3 is 0 Å². The fourth-order valence-corrected chi connectivity index (χ4v) is 2.08. The van der Waals surface area contributed by atoms with Crippen LogP contribution in [0.3, 0.4) is 0 Å². The lowest BCUT2D eigenvalue weighted by Crippen LogP contribution is -2.26. The summed E-state index contributed by atoms with van der Waals surface area (Å²) in [4.78, 5) is 2.26. The van der Waals surface area contributed by atoms with E-state index in [9.17, 15) is 8.42 Å². The minimum absolute atomic E-state index is 0.313. The molecule has 0 amide bonds. The first kappa shape index (κ1) is 10.9. The van der Waals surface area contributed by atoms with Gasteiger partial charge in [0.25, 0.3) is 10.1 Å². The van der Waals surface area contributed by atoms with Crippen LogP contribution in [-0.4, -0.2) is 45.8 Å². The van der Waals surface area contributed by atoms with Crippen LogP contribution in [0.15, 0.2) is 0 Å². The van der Waals surface area contributed by atoms with Gasteiger partial charge in [-0.2, -0.15) is 8.42 Å². The minimum Gasteiger partial charge on any atom is -0.303 e. The van der Waals surface area contributed by atoms with E-state index in [0.29, 0.717) is 12.6 Å². The Morgan fingerprint density at radius 1 is 1.54 bits per heavy atom. The smallest absolute Gasteiger partial charge is 0.264 e. The Balaban J connectivity index is 2.19. The van der Waals surface area contributed by atoms with Gasteiger partial charge in [-0.15, -0.1) is 0 Å². The zero-order valence-electron chi connectivity index (χ0n) is 8.19. The van der Waals surface area contributed by atoms with Crippen LogP contribution >= 0.6 is 0 Å². The van der Waals surface area contributed by atoms with E-state index in [2.05, 4.69) is 16.1 Å². The van der Waals surface area contributed by atoms with Crippen LogP contribution in [0.4, 0.5) is 0 Å². The first-order chi connectivity index (χ1) is 5.99. The summed E-state index contributed by atoms with van der Waals surface area (Å²) < 4.78 is 26.0. The molecule has 78 valence electrons. The second-order valence-electron chi connectivity index (χ2n) is 3.59. The summed E-state index contributed by atoms with van der Waals surface area (Å²) in [6, 6.07) is 0.502. The number of rotatable bonds is 4. The van der Waals surface area contributed by atoms with Crippen molar-refractivity contribution in [2.45, 2.75) is 25.3 Å². The standard InChI is InChI=1S/C8H17NO3S/c1-9-6-3-4-8(9)5-7-12-13(2,10)11/h8H,3-7H2,1-2H3. The number of hydrogen-bond acceptors (Lipinski definition) is 4. The molecule has 1 atom stereocenters. The van der Waals surface area contributed by atoms with Gasteiger partial charge in [-0.3, -0.25) is 4.18 Å². The molecule has 0 radical (unpaired) electrons. The minimum atomic E-state index is -3.25. The van der Waals surface area contributed by atoms with Gasteiger partial charge in [0.15, 0.2) is 0 Å². The molecule has 0 aromatic rings. The van der Waals surface area contributed by atoms with Gasteiger partial charge < -0.3 is 4.90 Å². The highest BCUT2D eigenvalue weighted by Gasteiger charge is 2.20. The first-order valence-corrected chi connectivity index (χ1v) is 6.35. The molecule has 1 fully saturated rings. The Hall–Kier alpha value is -0.130. The summed E-state index contributed by atoms with van der Waals surface area (Å²) in [5.41, 5.74) is 0. The largest absolute Gasteiger partial charge is 0.303 e. The summed E-state index contributed by atoms with van der Waals surface area (Å²) in [6.45, 7) is 1.43. The third-order valence-corrected chi connectivity index (χ3v) is 3.01. The van der Waals surface area contributed by atoms with Crippen LogP contribution in [0.2, 0.25) is 0 Å². The predicted octanol–water partition coefficient (Wildman–Crippen LogP) is 0.447. The van der Waals surface area contributed by atoms with Gasteiger partial charge in [0, 0.05) is 6.04 Å². The van der Waals surface area contributed by atoms with Crippen LogP contribution in [0, 0.1) is 0 Å². The van der Waals surface area contributed by atoms with Gasteiger partial charge in [-0.05, 0) is 32.9 Å². The fraction of sp³-hybridized carbons (Fsp3) is 1.00. The lowest BCUT2D eigenvalue weighted by Gasteiger charge is -2.18. The van der Waals surface area contributed by atoms with Crippen LogP contribution < -0.4 is 0 Å². The molecule has 0 N–H and O–H groups in total. The van der Waals surface area contributed by atoms with Gasteiger partial charge in [0.05, 0.1) is 12.9 Å². The van der Waals surface area contributed by atoms with Crippen molar-refractivity contribution in [3.8, 4) is 0 Å². The number of likely N-dealkylation sites (tertiary alicyclic amines) is 1. The second kappa shape index (κ2) is 4.39. The summed E-state index contributed by atoms with van der Waals surface area (Å²) in [7, 11) is -1.18. The normalized spacial score (nSPS) is 25.2. The molecule has 1 aliphatic heterocycles. The van der Waals surface area contributed by atoms with Crippen LogP contribution in [0.25, 0.3) is 0 Å². The van der Waals surface area contributed by atoms with Crippen LogP contribution in [0.1, 0.15) is 19.3 Å². The van der Waals surface area contributed by atoms with E-state index in [1.165, 1.54) is 6.42 Å². The van der Waals surface area contributed by atoms with E-state index in [1.54, 1.807) is 0 Å². The number of nitrogens with zero attached hydrogens (tertiary/aromatic N) is 1. The molecule has 0 aromatic carbocycles. The van der Waals surface area contributed by atoms with Crippen LogP contribution in [0.5, 0.6) is 0 Å². The molecule has 1 rings (SSSR count). The monoisotopic (exact) mass is 207 g/mol. The van der Waals surface area contributed by atoms with Crippen molar-refractivity contribution in [2.24, 2.45) is 0 Å². The molecule has 5 heteroatoms. The highest BCUT2D eigenvalue weighted by atomic mass is 32.2. The average Bonchev–Trinajstić information content (AvgIpc) is 2.34. The zero-order valence-corrected chi connectivity index (χ0v) is 9.01. The fourth-order valence-electron chi connectivity index (χ4n) is 1.68. The van der Waals surface area contributed by atoms with Crippen molar-refractivity contribution in [3.05, 3.63) is 0 Å². The van der Waals surface area contributed by atoms with E-state index in [1.807, 2.05) is 0 Å². The Labute approximate surface area is 80.0 Å². The lowest BCUT2D eigenvalue weighted by molar-refractivity contribution is 0.238. The van der Waals surface area contributed by atoms with E-state index in [-0.39, 0.29) is 0 Å². The molecule has 1 saturated heterocycles. The summed E-state index contributed by atoms with van der Waals surface area (Å²) in [5.74, 6) is 0.